The molecule has 4 heteroatoms. The van der Waals surface area contributed by atoms with Gasteiger partial charge in [0.1, 0.15) is 0 Å². The van der Waals surface area contributed by atoms with Crippen molar-refractivity contribution < 1.29 is 8.42 Å². The lowest BCUT2D eigenvalue weighted by molar-refractivity contribution is 0.402. The lowest BCUT2D eigenvalue weighted by atomic mass is 10.0. The van der Waals surface area contributed by atoms with E-state index in [1.807, 2.05) is 0 Å². The molecule has 2 rings (SSSR count). The van der Waals surface area contributed by atoms with E-state index < -0.39 is 10.0 Å². The van der Waals surface area contributed by atoms with Crippen LogP contribution in [0.1, 0.15) is 25.7 Å². The van der Waals surface area contributed by atoms with Crippen LogP contribution < -0.4 is 0 Å². The van der Waals surface area contributed by atoms with Gasteiger partial charge in [-0.05, 0) is 25.7 Å². The van der Waals surface area contributed by atoms with Gasteiger partial charge in [0.2, 0.25) is 10.0 Å². The summed E-state index contributed by atoms with van der Waals surface area (Å²) < 4.78 is 24.6. The Morgan fingerprint density at radius 2 is 1.58 bits per heavy atom. The molecular weight excluding hydrogens is 174 g/mol. The van der Waals surface area contributed by atoms with Gasteiger partial charge in [0.25, 0.3) is 0 Å². The molecule has 0 spiro atoms. The van der Waals surface area contributed by atoms with E-state index in [9.17, 15) is 8.42 Å². The highest BCUT2D eigenvalue weighted by Gasteiger charge is 2.44. The minimum absolute atomic E-state index is 0.276. The van der Waals surface area contributed by atoms with Crippen molar-refractivity contribution >= 4 is 10.0 Å². The highest BCUT2D eigenvalue weighted by molar-refractivity contribution is 7.92. The van der Waals surface area contributed by atoms with E-state index in [2.05, 4.69) is 6.58 Å². The van der Waals surface area contributed by atoms with Gasteiger partial charge < -0.3 is 0 Å². The summed E-state index contributed by atoms with van der Waals surface area (Å²) >= 11 is 0. The van der Waals surface area contributed by atoms with Crippen molar-refractivity contribution in [2.45, 2.75) is 37.8 Å². The van der Waals surface area contributed by atoms with Gasteiger partial charge in [-0.3, -0.25) is 0 Å². The van der Waals surface area contributed by atoms with E-state index in [0.29, 0.717) is 0 Å². The Kier molecular flexibility index (Phi) is 1.77. The lowest BCUT2D eigenvalue weighted by Gasteiger charge is -2.18. The zero-order chi connectivity index (χ0) is 8.77. The standard InChI is InChI=1S/C8H13NO2S/c1-2-12(10,11)9-7-3-4-8(9)6-5-7/h2,7-8H,1,3-6H2. The van der Waals surface area contributed by atoms with Crippen LogP contribution in [0.15, 0.2) is 12.0 Å². The molecular formula is C8H13NO2S. The SMILES string of the molecule is C=CS(=O)(=O)N1C2CCC1CC2. The normalized spacial score (nSPS) is 35.7. The van der Waals surface area contributed by atoms with Gasteiger partial charge in [-0.1, -0.05) is 6.58 Å². The van der Waals surface area contributed by atoms with Crippen molar-refractivity contribution in [3.63, 3.8) is 0 Å². The fraction of sp³-hybridized carbons (Fsp3) is 0.750. The van der Waals surface area contributed by atoms with E-state index in [1.165, 1.54) is 0 Å². The summed E-state index contributed by atoms with van der Waals surface area (Å²) in [5, 5.41) is 1.07. The predicted octanol–water partition coefficient (Wildman–Crippen LogP) is 1.09. The van der Waals surface area contributed by atoms with E-state index in [-0.39, 0.29) is 12.1 Å². The average molecular weight is 187 g/mol. The fourth-order valence-corrected chi connectivity index (χ4v) is 3.79. The largest absolute Gasteiger partial charge is 0.236 e. The molecule has 2 heterocycles. The highest BCUT2D eigenvalue weighted by Crippen LogP contribution is 2.39. The van der Waals surface area contributed by atoms with E-state index in [0.717, 1.165) is 31.1 Å². The minimum Gasteiger partial charge on any atom is -0.208 e. The lowest BCUT2D eigenvalue weighted by Crippen LogP contribution is -2.33. The molecule has 2 bridgehead atoms. The molecule has 3 nitrogen and oxygen atoms in total. The van der Waals surface area contributed by atoms with Gasteiger partial charge in [-0.15, -0.1) is 0 Å². The maximum atomic E-state index is 11.5. The summed E-state index contributed by atoms with van der Waals surface area (Å²) in [5.74, 6) is 0. The second kappa shape index (κ2) is 2.57. The summed E-state index contributed by atoms with van der Waals surface area (Å²) in [4.78, 5) is 0. The van der Waals surface area contributed by atoms with Crippen LogP contribution in [0, 0.1) is 0 Å². The molecule has 0 unspecified atom stereocenters. The Balaban J connectivity index is 2.31. The van der Waals surface area contributed by atoms with Gasteiger partial charge in [0, 0.05) is 17.5 Å². The second-order valence-electron chi connectivity index (χ2n) is 3.50. The minimum atomic E-state index is -3.14. The molecule has 0 amide bonds. The van der Waals surface area contributed by atoms with Crippen LogP contribution in [0.5, 0.6) is 0 Å². The molecule has 0 aliphatic carbocycles. The number of hydrogen-bond donors (Lipinski definition) is 0. The Bertz CT molecular complexity index is 276. The molecule has 0 saturated carbocycles. The Labute approximate surface area is 73.1 Å². The van der Waals surface area contributed by atoms with Crippen LogP contribution >= 0.6 is 0 Å². The molecule has 0 atom stereocenters. The van der Waals surface area contributed by atoms with Crippen molar-refractivity contribution in [1.29, 1.82) is 0 Å². The fourth-order valence-electron chi connectivity index (χ4n) is 2.37. The van der Waals surface area contributed by atoms with Gasteiger partial charge in [-0.25, -0.2) is 8.42 Å². The molecule has 2 fully saturated rings. The van der Waals surface area contributed by atoms with Crippen molar-refractivity contribution in [2.24, 2.45) is 0 Å². The molecule has 0 N–H and O–H groups in total. The van der Waals surface area contributed by atoms with Gasteiger partial charge in [0.05, 0.1) is 0 Å². The molecule has 0 radical (unpaired) electrons. The van der Waals surface area contributed by atoms with Crippen molar-refractivity contribution in [3.05, 3.63) is 12.0 Å². The Morgan fingerprint density at radius 1 is 1.17 bits per heavy atom. The predicted molar refractivity (Wildman–Crippen MR) is 47.0 cm³/mol. The first-order valence-corrected chi connectivity index (χ1v) is 5.81. The molecule has 0 aromatic heterocycles. The van der Waals surface area contributed by atoms with Crippen LogP contribution in [0.3, 0.4) is 0 Å². The molecule has 2 aliphatic heterocycles. The first-order valence-electron chi connectivity index (χ1n) is 4.31. The van der Waals surface area contributed by atoms with Crippen LogP contribution in [0.25, 0.3) is 0 Å². The van der Waals surface area contributed by atoms with Crippen molar-refractivity contribution in [2.75, 3.05) is 0 Å². The first kappa shape index (κ1) is 8.26. The van der Waals surface area contributed by atoms with Crippen molar-refractivity contribution in [3.8, 4) is 0 Å². The maximum Gasteiger partial charge on any atom is 0.236 e. The van der Waals surface area contributed by atoms with E-state index in [1.54, 1.807) is 4.31 Å². The van der Waals surface area contributed by atoms with Crippen LogP contribution in [-0.2, 0) is 10.0 Å². The first-order chi connectivity index (χ1) is 5.65. The summed E-state index contributed by atoms with van der Waals surface area (Å²) in [6.45, 7) is 3.34. The Morgan fingerprint density at radius 3 is 1.92 bits per heavy atom. The summed E-state index contributed by atoms with van der Waals surface area (Å²) in [6, 6.07) is 0.552. The zero-order valence-corrected chi connectivity index (χ0v) is 7.76. The monoisotopic (exact) mass is 187 g/mol. The molecule has 68 valence electrons. The molecule has 0 aromatic rings. The smallest absolute Gasteiger partial charge is 0.208 e. The molecule has 2 aliphatic rings. The molecule has 2 saturated heterocycles. The third kappa shape index (κ3) is 1.02. The summed E-state index contributed by atoms with van der Waals surface area (Å²) in [5.41, 5.74) is 0. The highest BCUT2D eigenvalue weighted by atomic mass is 32.2. The Hall–Kier alpha value is -0.350. The van der Waals surface area contributed by atoms with Gasteiger partial charge in [-0.2, -0.15) is 4.31 Å². The van der Waals surface area contributed by atoms with Gasteiger partial charge in [0.15, 0.2) is 0 Å². The van der Waals surface area contributed by atoms with Crippen molar-refractivity contribution in [1.82, 2.24) is 4.31 Å². The van der Waals surface area contributed by atoms with E-state index in [4.69, 9.17) is 0 Å². The van der Waals surface area contributed by atoms with Crippen LogP contribution in [0.2, 0.25) is 0 Å². The number of fused-ring (bicyclic) bond motifs is 2. The summed E-state index contributed by atoms with van der Waals surface area (Å²) in [7, 11) is -3.14. The van der Waals surface area contributed by atoms with Gasteiger partial charge >= 0.3 is 0 Å². The summed E-state index contributed by atoms with van der Waals surface area (Å²) in [6.07, 6.45) is 4.16. The molecule has 0 aromatic carbocycles. The van der Waals surface area contributed by atoms with Crippen LogP contribution in [-0.4, -0.2) is 24.8 Å². The number of hydrogen-bond acceptors (Lipinski definition) is 2. The third-order valence-corrected chi connectivity index (χ3v) is 4.50. The zero-order valence-electron chi connectivity index (χ0n) is 6.94. The average Bonchev–Trinajstić information content (AvgIpc) is 2.62. The van der Waals surface area contributed by atoms with Crippen LogP contribution in [0.4, 0.5) is 0 Å². The molecule has 12 heavy (non-hydrogen) atoms. The second-order valence-corrected chi connectivity index (χ2v) is 5.29. The quantitative estimate of drug-likeness (QED) is 0.649. The third-order valence-electron chi connectivity index (χ3n) is 2.89. The van der Waals surface area contributed by atoms with E-state index >= 15 is 0 Å². The number of rotatable bonds is 2. The number of nitrogens with zero attached hydrogens (tertiary/aromatic N) is 1. The number of sulfonamides is 1. The maximum absolute atomic E-state index is 11.5. The topological polar surface area (TPSA) is 37.4 Å².